The molecule has 4 rings (SSSR count). The Balaban J connectivity index is 1.64. The fourth-order valence-electron chi connectivity index (χ4n) is 2.93. The number of H-pyrrole nitrogens is 1. The average molecular weight is 270 g/mol. The van der Waals surface area contributed by atoms with Gasteiger partial charge in [-0.2, -0.15) is 5.10 Å². The molecule has 0 unspecified atom stereocenters. The number of hydrogen-bond acceptors (Lipinski definition) is 3. The Labute approximate surface area is 114 Å². The Morgan fingerprint density at radius 1 is 1.35 bits per heavy atom. The maximum atomic E-state index is 12.4. The molecule has 2 amide bonds. The van der Waals surface area contributed by atoms with Gasteiger partial charge in [0, 0.05) is 18.0 Å². The molecule has 6 nitrogen and oxygen atoms in total. The molecule has 3 aliphatic carbocycles. The zero-order valence-electron chi connectivity index (χ0n) is 11.0. The number of rotatable bonds is 3. The summed E-state index contributed by atoms with van der Waals surface area (Å²) in [6.07, 6.45) is 2.31. The summed E-state index contributed by atoms with van der Waals surface area (Å²) in [6.45, 7) is 0. The number of hydrogen-bond donors (Lipinski definition) is 3. The largest absolute Gasteiger partial charge is 0.357 e. The van der Waals surface area contributed by atoms with E-state index in [2.05, 4.69) is 20.8 Å². The highest BCUT2D eigenvalue weighted by molar-refractivity contribution is 6.15. The van der Waals surface area contributed by atoms with Gasteiger partial charge in [0.15, 0.2) is 0 Å². The monoisotopic (exact) mass is 270 g/mol. The van der Waals surface area contributed by atoms with Crippen LogP contribution in [0, 0.1) is 0 Å². The topological polar surface area (TPSA) is 86.9 Å². The number of aromatic amines is 1. The quantitative estimate of drug-likeness (QED) is 0.662. The first-order valence-corrected chi connectivity index (χ1v) is 6.72. The summed E-state index contributed by atoms with van der Waals surface area (Å²) in [6, 6.07) is 3.99. The molecule has 0 spiro atoms. The van der Waals surface area contributed by atoms with Crippen LogP contribution >= 0.6 is 0 Å². The van der Waals surface area contributed by atoms with Crippen molar-refractivity contribution in [1.29, 1.82) is 0 Å². The molecule has 6 heteroatoms. The molecular formula is C14H14N4O2. The van der Waals surface area contributed by atoms with Crippen LogP contribution in [0.4, 0.5) is 0 Å². The summed E-state index contributed by atoms with van der Waals surface area (Å²) in [4.78, 5) is 24.3. The van der Waals surface area contributed by atoms with E-state index < -0.39 is 5.54 Å². The van der Waals surface area contributed by atoms with Crippen molar-refractivity contribution < 1.29 is 9.59 Å². The molecule has 0 atom stereocenters. The molecule has 1 aromatic heterocycles. The first-order chi connectivity index (χ1) is 9.64. The lowest BCUT2D eigenvalue weighted by atomic mass is 9.76. The molecule has 0 aliphatic heterocycles. The van der Waals surface area contributed by atoms with Crippen molar-refractivity contribution in [1.82, 2.24) is 20.8 Å². The Morgan fingerprint density at radius 3 is 2.80 bits per heavy atom. The fourth-order valence-corrected chi connectivity index (χ4v) is 2.93. The van der Waals surface area contributed by atoms with E-state index >= 15 is 0 Å². The molecule has 0 saturated heterocycles. The molecule has 0 bridgehead atoms. The molecular weight excluding hydrogens is 256 g/mol. The lowest BCUT2D eigenvalue weighted by Gasteiger charge is -2.40. The van der Waals surface area contributed by atoms with E-state index in [1.807, 2.05) is 12.1 Å². The third kappa shape index (κ3) is 1.36. The first-order valence-electron chi connectivity index (χ1n) is 6.72. The lowest BCUT2D eigenvalue weighted by molar-refractivity contribution is -0.130. The van der Waals surface area contributed by atoms with Gasteiger partial charge in [-0.25, -0.2) is 0 Å². The summed E-state index contributed by atoms with van der Waals surface area (Å²) in [5.41, 5.74) is 2.79. The van der Waals surface area contributed by atoms with E-state index in [1.54, 1.807) is 7.05 Å². The normalized spacial score (nSPS) is 17.4. The van der Waals surface area contributed by atoms with Crippen LogP contribution in [0.25, 0.3) is 22.0 Å². The smallest absolute Gasteiger partial charge is 0.270 e. The van der Waals surface area contributed by atoms with Crippen molar-refractivity contribution in [2.45, 2.75) is 24.8 Å². The Morgan fingerprint density at radius 2 is 2.15 bits per heavy atom. The predicted octanol–water partition coefficient (Wildman–Crippen LogP) is 0.942. The number of amides is 2. The van der Waals surface area contributed by atoms with Gasteiger partial charge >= 0.3 is 0 Å². The van der Waals surface area contributed by atoms with E-state index in [1.165, 1.54) is 0 Å². The highest BCUT2D eigenvalue weighted by Crippen LogP contribution is 2.43. The number of carbonyl (C=O) groups excluding carboxylic acids is 2. The average Bonchev–Trinajstić information content (AvgIpc) is 2.88. The molecule has 1 aromatic rings. The predicted molar refractivity (Wildman–Crippen MR) is 73.2 cm³/mol. The molecule has 1 saturated carbocycles. The van der Waals surface area contributed by atoms with Crippen molar-refractivity contribution >= 4 is 22.7 Å². The highest BCUT2D eigenvalue weighted by atomic mass is 16.2. The number of nitrogens with zero attached hydrogens (tertiary/aromatic N) is 1. The Kier molecular flexibility index (Phi) is 2.06. The van der Waals surface area contributed by atoms with Crippen LogP contribution in [-0.4, -0.2) is 34.6 Å². The number of nitrogens with one attached hydrogen (secondary N) is 3. The minimum absolute atomic E-state index is 0.128. The van der Waals surface area contributed by atoms with E-state index in [0.717, 1.165) is 28.5 Å². The molecule has 3 aliphatic rings. The highest BCUT2D eigenvalue weighted by Gasteiger charge is 2.45. The van der Waals surface area contributed by atoms with Gasteiger partial charge in [-0.3, -0.25) is 14.7 Å². The van der Waals surface area contributed by atoms with Crippen LogP contribution in [0.1, 0.15) is 29.8 Å². The molecule has 1 heterocycles. The maximum absolute atomic E-state index is 12.4. The molecule has 3 N–H and O–H groups in total. The minimum Gasteiger partial charge on any atom is -0.357 e. The van der Waals surface area contributed by atoms with Gasteiger partial charge in [0.25, 0.3) is 5.91 Å². The number of benzene rings is 1. The second-order valence-corrected chi connectivity index (χ2v) is 5.49. The van der Waals surface area contributed by atoms with Crippen molar-refractivity contribution in [3.05, 3.63) is 17.8 Å². The second-order valence-electron chi connectivity index (χ2n) is 5.49. The number of carbonyl (C=O) groups is 2. The molecule has 20 heavy (non-hydrogen) atoms. The van der Waals surface area contributed by atoms with Crippen LogP contribution in [0.3, 0.4) is 0 Å². The van der Waals surface area contributed by atoms with Crippen molar-refractivity contribution in [2.24, 2.45) is 0 Å². The van der Waals surface area contributed by atoms with Gasteiger partial charge in [-0.1, -0.05) is 0 Å². The zero-order valence-corrected chi connectivity index (χ0v) is 11.0. The Bertz CT molecular complexity index is 758. The summed E-state index contributed by atoms with van der Waals surface area (Å²) >= 11 is 0. The third-order valence-electron chi connectivity index (χ3n) is 4.34. The third-order valence-corrected chi connectivity index (χ3v) is 4.34. The first kappa shape index (κ1) is 11.5. The number of aromatic nitrogens is 2. The SMILES string of the molecule is CNC(=O)C1(NC(=O)c2[nH]nc3c4cc-4cc23)CCC1. The van der Waals surface area contributed by atoms with Gasteiger partial charge in [0.1, 0.15) is 16.7 Å². The van der Waals surface area contributed by atoms with E-state index in [4.69, 9.17) is 0 Å². The van der Waals surface area contributed by atoms with E-state index in [9.17, 15) is 9.59 Å². The van der Waals surface area contributed by atoms with Gasteiger partial charge in [-0.15, -0.1) is 0 Å². The summed E-state index contributed by atoms with van der Waals surface area (Å²) < 4.78 is 0. The van der Waals surface area contributed by atoms with Crippen LogP contribution in [-0.2, 0) is 4.79 Å². The standard InChI is InChI=1S/C14H14N4O2/c1-15-13(20)14(3-2-4-14)16-12(19)11-9-6-7-5-8(7)10(9)17-18-11/h5-6H,2-4H2,1H3,(H,15,20)(H,16,19)(H,17,18). The zero-order chi connectivity index (χ0) is 13.9. The summed E-state index contributed by atoms with van der Waals surface area (Å²) in [7, 11) is 1.59. The van der Waals surface area contributed by atoms with Crippen molar-refractivity contribution in [3.8, 4) is 11.1 Å². The number of likely N-dealkylation sites (N-methyl/N-ethyl adjacent to an activating group) is 1. The van der Waals surface area contributed by atoms with Gasteiger partial charge in [-0.05, 0) is 37.0 Å². The molecule has 0 radical (unpaired) electrons. The van der Waals surface area contributed by atoms with Crippen LogP contribution in [0.15, 0.2) is 12.1 Å². The second kappa shape index (κ2) is 3.59. The van der Waals surface area contributed by atoms with E-state index in [-0.39, 0.29) is 11.8 Å². The van der Waals surface area contributed by atoms with E-state index in [0.29, 0.717) is 18.5 Å². The van der Waals surface area contributed by atoms with Crippen LogP contribution < -0.4 is 10.6 Å². The van der Waals surface area contributed by atoms with Gasteiger partial charge < -0.3 is 10.6 Å². The Hall–Kier alpha value is -2.37. The fraction of sp³-hybridized carbons (Fsp3) is 0.357. The summed E-state index contributed by atoms with van der Waals surface area (Å²) in [5, 5.41) is 13.3. The lowest BCUT2D eigenvalue weighted by Crippen LogP contribution is -2.62. The maximum Gasteiger partial charge on any atom is 0.270 e. The van der Waals surface area contributed by atoms with Gasteiger partial charge in [0.2, 0.25) is 5.91 Å². The minimum atomic E-state index is -0.752. The molecule has 102 valence electrons. The van der Waals surface area contributed by atoms with Gasteiger partial charge in [0.05, 0.1) is 0 Å². The van der Waals surface area contributed by atoms with Crippen molar-refractivity contribution in [3.63, 3.8) is 0 Å². The summed E-state index contributed by atoms with van der Waals surface area (Å²) in [5.74, 6) is -0.391. The molecule has 1 fully saturated rings. The van der Waals surface area contributed by atoms with Crippen LogP contribution in [0.2, 0.25) is 0 Å². The van der Waals surface area contributed by atoms with Crippen LogP contribution in [0.5, 0.6) is 0 Å². The van der Waals surface area contributed by atoms with Crippen molar-refractivity contribution in [2.75, 3.05) is 7.05 Å². The molecule has 0 aromatic carbocycles. The number of fused-ring (bicyclic) bond motifs is 3.